The van der Waals surface area contributed by atoms with Gasteiger partial charge < -0.3 is 11.1 Å². The second-order valence-electron chi connectivity index (χ2n) is 4.34. The van der Waals surface area contributed by atoms with Gasteiger partial charge in [0.1, 0.15) is 0 Å². The Kier molecular flexibility index (Phi) is 3.32. The highest BCUT2D eigenvalue weighted by Gasteiger charge is 2.08. The first kappa shape index (κ1) is 12.2. The number of rotatable bonds is 3. The van der Waals surface area contributed by atoms with Crippen molar-refractivity contribution in [3.05, 3.63) is 46.8 Å². The Morgan fingerprint density at radius 2 is 2.17 bits per heavy atom. The average Bonchev–Trinajstić information content (AvgIpc) is 2.70. The van der Waals surface area contributed by atoms with Gasteiger partial charge in [-0.05, 0) is 37.6 Å². The molecule has 0 fully saturated rings. The Bertz CT molecular complexity index is 554. The smallest absolute Gasteiger partial charge is 0.251 e. The summed E-state index contributed by atoms with van der Waals surface area (Å²) in [4.78, 5) is 12.0. The molecule has 0 aliphatic heterocycles. The number of aromatic amines is 1. The van der Waals surface area contributed by atoms with E-state index in [1.165, 1.54) is 0 Å². The summed E-state index contributed by atoms with van der Waals surface area (Å²) < 4.78 is 0. The van der Waals surface area contributed by atoms with Crippen LogP contribution in [0.5, 0.6) is 0 Å². The maximum Gasteiger partial charge on any atom is 0.251 e. The Balaban J connectivity index is 2.06. The van der Waals surface area contributed by atoms with Crippen molar-refractivity contribution in [2.75, 3.05) is 5.73 Å². The molecule has 1 aromatic heterocycles. The third kappa shape index (κ3) is 2.68. The van der Waals surface area contributed by atoms with Crippen LogP contribution < -0.4 is 11.1 Å². The second-order valence-corrected chi connectivity index (χ2v) is 4.34. The fourth-order valence-electron chi connectivity index (χ4n) is 1.78. The topological polar surface area (TPSA) is 83.8 Å². The molecule has 2 aromatic rings. The minimum absolute atomic E-state index is 0.133. The fraction of sp³-hybridized carbons (Fsp3) is 0.231. The first-order valence-corrected chi connectivity index (χ1v) is 5.70. The number of aryl methyl sites for hydroxylation is 2. The number of carbonyl (C=O) groups excluding carboxylic acids is 1. The lowest BCUT2D eigenvalue weighted by atomic mass is 10.1. The molecular weight excluding hydrogens is 228 g/mol. The predicted molar refractivity (Wildman–Crippen MR) is 70.1 cm³/mol. The molecule has 0 spiro atoms. The van der Waals surface area contributed by atoms with E-state index in [1.54, 1.807) is 12.3 Å². The number of H-pyrrole nitrogens is 1. The lowest BCUT2D eigenvalue weighted by Gasteiger charge is -2.06. The van der Waals surface area contributed by atoms with Crippen LogP contribution in [0.4, 0.5) is 5.69 Å². The molecule has 4 N–H and O–H groups in total. The normalized spacial score (nSPS) is 10.3. The standard InChI is InChI=1S/C13H16N4O/c1-8-3-10(5-12(14)4-8)13(18)15-6-11-7-16-17-9(11)2/h3-5,7H,6,14H2,1-2H3,(H,15,18)(H,16,17). The molecule has 0 saturated heterocycles. The van der Waals surface area contributed by atoms with E-state index in [2.05, 4.69) is 15.5 Å². The number of benzene rings is 1. The highest BCUT2D eigenvalue weighted by atomic mass is 16.1. The third-order valence-corrected chi connectivity index (χ3v) is 2.74. The van der Waals surface area contributed by atoms with E-state index in [1.807, 2.05) is 26.0 Å². The fourth-order valence-corrected chi connectivity index (χ4v) is 1.78. The number of nitrogen functional groups attached to an aromatic ring is 1. The lowest BCUT2D eigenvalue weighted by molar-refractivity contribution is 0.0951. The van der Waals surface area contributed by atoms with Crippen LogP contribution in [0.3, 0.4) is 0 Å². The minimum Gasteiger partial charge on any atom is -0.399 e. The summed E-state index contributed by atoms with van der Waals surface area (Å²) in [5.74, 6) is -0.133. The van der Waals surface area contributed by atoms with E-state index < -0.39 is 0 Å². The number of nitrogens with zero attached hydrogens (tertiary/aromatic N) is 1. The number of nitrogens with two attached hydrogens (primary N) is 1. The predicted octanol–water partition coefficient (Wildman–Crippen LogP) is 1.54. The zero-order valence-corrected chi connectivity index (χ0v) is 10.4. The number of amides is 1. The third-order valence-electron chi connectivity index (χ3n) is 2.74. The molecule has 0 aliphatic rings. The molecule has 1 amide bonds. The first-order valence-electron chi connectivity index (χ1n) is 5.70. The van der Waals surface area contributed by atoms with Crippen molar-refractivity contribution in [2.45, 2.75) is 20.4 Å². The molecule has 0 unspecified atom stereocenters. The van der Waals surface area contributed by atoms with Gasteiger partial charge in [-0.1, -0.05) is 0 Å². The highest BCUT2D eigenvalue weighted by Crippen LogP contribution is 2.11. The van der Waals surface area contributed by atoms with Crippen molar-refractivity contribution in [1.29, 1.82) is 0 Å². The summed E-state index contributed by atoms with van der Waals surface area (Å²) >= 11 is 0. The molecule has 1 heterocycles. The number of nitrogens with one attached hydrogen (secondary N) is 2. The summed E-state index contributed by atoms with van der Waals surface area (Å²) in [5, 5.41) is 9.58. The van der Waals surface area contributed by atoms with Crippen LogP contribution in [0, 0.1) is 13.8 Å². The van der Waals surface area contributed by atoms with Gasteiger partial charge in [-0.25, -0.2) is 0 Å². The van der Waals surface area contributed by atoms with Crippen LogP contribution in [0.25, 0.3) is 0 Å². The highest BCUT2D eigenvalue weighted by molar-refractivity contribution is 5.95. The van der Waals surface area contributed by atoms with Crippen LogP contribution in [-0.2, 0) is 6.54 Å². The SMILES string of the molecule is Cc1cc(N)cc(C(=O)NCc2cn[nH]c2C)c1. The number of hydrogen-bond acceptors (Lipinski definition) is 3. The van der Waals surface area contributed by atoms with Crippen molar-refractivity contribution >= 4 is 11.6 Å². The van der Waals surface area contributed by atoms with E-state index in [9.17, 15) is 4.79 Å². The maximum atomic E-state index is 12.0. The van der Waals surface area contributed by atoms with Gasteiger partial charge in [0.05, 0.1) is 6.20 Å². The largest absolute Gasteiger partial charge is 0.399 e. The van der Waals surface area contributed by atoms with Crippen molar-refractivity contribution in [1.82, 2.24) is 15.5 Å². The van der Waals surface area contributed by atoms with Crippen molar-refractivity contribution in [3.63, 3.8) is 0 Å². The number of carbonyl (C=O) groups is 1. The van der Waals surface area contributed by atoms with Crippen LogP contribution in [0.2, 0.25) is 0 Å². The summed E-state index contributed by atoms with van der Waals surface area (Å²) in [6.07, 6.45) is 1.71. The van der Waals surface area contributed by atoms with Gasteiger partial charge in [0, 0.05) is 29.1 Å². The number of aromatic nitrogens is 2. The second kappa shape index (κ2) is 4.91. The minimum atomic E-state index is -0.133. The molecule has 0 atom stereocenters. The van der Waals surface area contributed by atoms with Crippen molar-refractivity contribution < 1.29 is 4.79 Å². The van der Waals surface area contributed by atoms with E-state index in [-0.39, 0.29) is 5.91 Å². The first-order chi connectivity index (χ1) is 8.56. The van der Waals surface area contributed by atoms with Gasteiger partial charge in [-0.2, -0.15) is 5.10 Å². The van der Waals surface area contributed by atoms with Crippen molar-refractivity contribution in [2.24, 2.45) is 0 Å². The molecule has 0 bridgehead atoms. The quantitative estimate of drug-likeness (QED) is 0.716. The lowest BCUT2D eigenvalue weighted by Crippen LogP contribution is -2.23. The van der Waals surface area contributed by atoms with Crippen LogP contribution >= 0.6 is 0 Å². The summed E-state index contributed by atoms with van der Waals surface area (Å²) in [6, 6.07) is 5.31. The number of hydrogen-bond donors (Lipinski definition) is 3. The van der Waals surface area contributed by atoms with Gasteiger partial charge in [0.2, 0.25) is 0 Å². The monoisotopic (exact) mass is 244 g/mol. The van der Waals surface area contributed by atoms with Crippen LogP contribution in [0.1, 0.15) is 27.2 Å². The van der Waals surface area contributed by atoms with Crippen LogP contribution in [0.15, 0.2) is 24.4 Å². The molecule has 0 saturated carbocycles. The van der Waals surface area contributed by atoms with Gasteiger partial charge >= 0.3 is 0 Å². The Morgan fingerprint density at radius 3 is 2.78 bits per heavy atom. The van der Waals surface area contributed by atoms with Gasteiger partial charge in [-0.3, -0.25) is 9.89 Å². The number of anilines is 1. The molecule has 18 heavy (non-hydrogen) atoms. The molecule has 5 heteroatoms. The molecule has 0 radical (unpaired) electrons. The van der Waals surface area contributed by atoms with Gasteiger partial charge in [0.25, 0.3) is 5.91 Å². The zero-order chi connectivity index (χ0) is 13.1. The molecule has 5 nitrogen and oxygen atoms in total. The van der Waals surface area contributed by atoms with Crippen LogP contribution in [-0.4, -0.2) is 16.1 Å². The van der Waals surface area contributed by atoms with E-state index in [0.717, 1.165) is 16.8 Å². The molecular formula is C13H16N4O. The van der Waals surface area contributed by atoms with Gasteiger partial charge in [0.15, 0.2) is 0 Å². The summed E-state index contributed by atoms with van der Waals surface area (Å²) in [7, 11) is 0. The Morgan fingerprint density at radius 1 is 1.39 bits per heavy atom. The van der Waals surface area contributed by atoms with E-state index >= 15 is 0 Å². The van der Waals surface area contributed by atoms with Crippen molar-refractivity contribution in [3.8, 4) is 0 Å². The van der Waals surface area contributed by atoms with E-state index in [4.69, 9.17) is 5.73 Å². The Hall–Kier alpha value is -2.30. The maximum absolute atomic E-state index is 12.0. The molecule has 2 rings (SSSR count). The van der Waals surface area contributed by atoms with E-state index in [0.29, 0.717) is 17.8 Å². The average molecular weight is 244 g/mol. The molecule has 1 aromatic carbocycles. The zero-order valence-electron chi connectivity index (χ0n) is 10.4. The van der Waals surface area contributed by atoms with Gasteiger partial charge in [-0.15, -0.1) is 0 Å². The summed E-state index contributed by atoms with van der Waals surface area (Å²) in [6.45, 7) is 4.28. The summed E-state index contributed by atoms with van der Waals surface area (Å²) in [5.41, 5.74) is 9.80. The molecule has 94 valence electrons. The molecule has 0 aliphatic carbocycles. The Labute approximate surface area is 105 Å².